The number of para-hydroxylation sites is 2. The van der Waals surface area contributed by atoms with Crippen LogP contribution in [0.5, 0.6) is 0 Å². The van der Waals surface area contributed by atoms with Crippen molar-refractivity contribution < 1.29 is 0 Å². The van der Waals surface area contributed by atoms with Crippen LogP contribution >= 0.6 is 0 Å². The molecule has 0 saturated heterocycles. The molecule has 0 aliphatic rings. The second-order valence-electron chi connectivity index (χ2n) is 15.9. The van der Waals surface area contributed by atoms with Crippen molar-refractivity contribution in [2.24, 2.45) is 0 Å². The predicted molar refractivity (Wildman–Crippen MR) is 240 cm³/mol. The fraction of sp³-hybridized carbons (Fsp3) is 0.113. The van der Waals surface area contributed by atoms with Gasteiger partial charge in [0.1, 0.15) is 6.07 Å². The van der Waals surface area contributed by atoms with Crippen LogP contribution in [0, 0.1) is 52.9 Å². The number of hydrogen-bond acceptors (Lipinski definition) is 3. The molecule has 0 spiro atoms. The van der Waals surface area contributed by atoms with Crippen LogP contribution in [0.25, 0.3) is 88.6 Å². The predicted octanol–water partition coefficient (Wildman–Crippen LogP) is 13.4. The molecule has 7 aromatic carbocycles. The number of hydrogen-bond donors (Lipinski definition) is 0. The van der Waals surface area contributed by atoms with E-state index < -0.39 is 0 Å². The van der Waals surface area contributed by atoms with Crippen LogP contribution in [0.15, 0.2) is 140 Å². The van der Waals surface area contributed by atoms with Crippen molar-refractivity contribution in [3.63, 3.8) is 0 Å². The quantitative estimate of drug-likeness (QED) is 0.176. The van der Waals surface area contributed by atoms with Gasteiger partial charge in [0.2, 0.25) is 0 Å². The SMILES string of the molecule is Cc1cc(C)cc(-c2ccc3c4ccccc4n(-c4cc(-c5nc(C)cc(C)n5)c(-n5c6ccccc6c6ccc(-c7cc(C)cc(C)c7)cc65)cc4C#N)c3c2)c1. The molecular formula is C53H41N5. The van der Waals surface area contributed by atoms with Gasteiger partial charge >= 0.3 is 0 Å². The minimum atomic E-state index is 0.555. The van der Waals surface area contributed by atoms with Crippen molar-refractivity contribution in [2.75, 3.05) is 0 Å². The lowest BCUT2D eigenvalue weighted by molar-refractivity contribution is 1.05. The maximum Gasteiger partial charge on any atom is 0.161 e. The first-order valence-corrected chi connectivity index (χ1v) is 19.8. The summed E-state index contributed by atoms with van der Waals surface area (Å²) in [5.74, 6) is 0.617. The zero-order valence-corrected chi connectivity index (χ0v) is 33.5. The van der Waals surface area contributed by atoms with Gasteiger partial charge in [-0.25, -0.2) is 9.97 Å². The fourth-order valence-electron chi connectivity index (χ4n) is 9.16. The van der Waals surface area contributed by atoms with Crippen molar-refractivity contribution in [1.29, 1.82) is 5.26 Å². The summed E-state index contributed by atoms with van der Waals surface area (Å²) in [5.41, 5.74) is 18.5. The van der Waals surface area contributed by atoms with Gasteiger partial charge in [-0.15, -0.1) is 0 Å². The molecule has 0 N–H and O–H groups in total. The topological polar surface area (TPSA) is 59.4 Å². The molecule has 0 aliphatic heterocycles. The number of aryl methyl sites for hydroxylation is 6. The van der Waals surface area contributed by atoms with Gasteiger partial charge in [0.25, 0.3) is 0 Å². The van der Waals surface area contributed by atoms with Crippen LogP contribution < -0.4 is 0 Å². The Labute approximate surface area is 338 Å². The van der Waals surface area contributed by atoms with E-state index in [2.05, 4.69) is 176 Å². The highest BCUT2D eigenvalue weighted by atomic mass is 15.0. The smallest absolute Gasteiger partial charge is 0.161 e. The Morgan fingerprint density at radius 2 is 0.862 bits per heavy atom. The van der Waals surface area contributed by atoms with E-state index in [0.717, 1.165) is 83.1 Å². The molecule has 0 unspecified atom stereocenters. The molecule has 3 heterocycles. The maximum atomic E-state index is 11.2. The highest BCUT2D eigenvalue weighted by Gasteiger charge is 2.23. The molecule has 10 aromatic rings. The molecule has 5 heteroatoms. The molecule has 58 heavy (non-hydrogen) atoms. The highest BCUT2D eigenvalue weighted by molar-refractivity contribution is 6.12. The number of fused-ring (bicyclic) bond motifs is 6. The van der Waals surface area contributed by atoms with E-state index in [9.17, 15) is 5.26 Å². The normalized spacial score (nSPS) is 11.6. The van der Waals surface area contributed by atoms with E-state index in [1.807, 2.05) is 19.9 Å². The average molecular weight is 748 g/mol. The van der Waals surface area contributed by atoms with Crippen LogP contribution in [0.3, 0.4) is 0 Å². The first-order valence-electron chi connectivity index (χ1n) is 19.8. The minimum Gasteiger partial charge on any atom is -0.308 e. The Morgan fingerprint density at radius 3 is 1.34 bits per heavy atom. The zero-order valence-electron chi connectivity index (χ0n) is 33.5. The van der Waals surface area contributed by atoms with E-state index in [-0.39, 0.29) is 0 Å². The maximum absolute atomic E-state index is 11.2. The summed E-state index contributed by atoms with van der Waals surface area (Å²) in [4.78, 5) is 10.2. The van der Waals surface area contributed by atoms with Gasteiger partial charge in [-0.1, -0.05) is 119 Å². The number of rotatable bonds is 5. The molecule has 0 bridgehead atoms. The molecule has 0 aliphatic carbocycles. The highest BCUT2D eigenvalue weighted by Crippen LogP contribution is 2.42. The zero-order chi connectivity index (χ0) is 39.8. The summed E-state index contributed by atoms with van der Waals surface area (Å²) in [6.45, 7) is 12.6. The van der Waals surface area contributed by atoms with Crippen LogP contribution in [-0.2, 0) is 0 Å². The number of aromatic nitrogens is 4. The average Bonchev–Trinajstić information content (AvgIpc) is 3.71. The third-order valence-electron chi connectivity index (χ3n) is 11.4. The minimum absolute atomic E-state index is 0.555. The Bertz CT molecular complexity index is 3310. The third-order valence-corrected chi connectivity index (χ3v) is 11.4. The van der Waals surface area contributed by atoms with Gasteiger partial charge in [0.15, 0.2) is 5.82 Å². The lowest BCUT2D eigenvalue weighted by Gasteiger charge is -2.19. The second kappa shape index (κ2) is 13.4. The van der Waals surface area contributed by atoms with Crippen molar-refractivity contribution >= 4 is 43.6 Å². The summed E-state index contributed by atoms with van der Waals surface area (Å²) in [6.07, 6.45) is 0. The van der Waals surface area contributed by atoms with Gasteiger partial charge in [-0.05, 0) is 106 Å². The van der Waals surface area contributed by atoms with Crippen LogP contribution in [0.1, 0.15) is 39.2 Å². The van der Waals surface area contributed by atoms with Crippen LogP contribution in [0.2, 0.25) is 0 Å². The Balaban J connectivity index is 1.31. The van der Waals surface area contributed by atoms with Gasteiger partial charge < -0.3 is 9.13 Å². The van der Waals surface area contributed by atoms with E-state index >= 15 is 0 Å². The van der Waals surface area contributed by atoms with Gasteiger partial charge in [0.05, 0.1) is 39.0 Å². The van der Waals surface area contributed by atoms with Crippen LogP contribution in [-0.4, -0.2) is 19.1 Å². The molecule has 3 aromatic heterocycles. The first-order chi connectivity index (χ1) is 28.1. The largest absolute Gasteiger partial charge is 0.308 e. The molecule has 0 fully saturated rings. The summed E-state index contributed by atoms with van der Waals surface area (Å²) >= 11 is 0. The van der Waals surface area contributed by atoms with E-state index in [0.29, 0.717) is 11.4 Å². The van der Waals surface area contributed by atoms with Crippen molar-refractivity contribution in [1.82, 2.24) is 19.1 Å². The van der Waals surface area contributed by atoms with E-state index in [4.69, 9.17) is 9.97 Å². The van der Waals surface area contributed by atoms with Gasteiger partial charge in [-0.2, -0.15) is 5.26 Å². The summed E-state index contributed by atoms with van der Waals surface area (Å²) in [5, 5.41) is 15.7. The Morgan fingerprint density at radius 1 is 0.414 bits per heavy atom. The number of benzene rings is 7. The molecule has 0 atom stereocenters. The summed E-state index contributed by atoms with van der Waals surface area (Å²) in [7, 11) is 0. The molecule has 5 nitrogen and oxygen atoms in total. The van der Waals surface area contributed by atoms with E-state index in [1.165, 1.54) is 33.4 Å². The van der Waals surface area contributed by atoms with Gasteiger partial charge in [0, 0.05) is 38.5 Å². The Hall–Kier alpha value is -7.29. The van der Waals surface area contributed by atoms with E-state index in [1.54, 1.807) is 0 Å². The van der Waals surface area contributed by atoms with Crippen LogP contribution in [0.4, 0.5) is 0 Å². The molecule has 0 saturated carbocycles. The van der Waals surface area contributed by atoms with Crippen molar-refractivity contribution in [3.8, 4) is 51.1 Å². The fourth-order valence-corrected chi connectivity index (χ4v) is 9.16. The monoisotopic (exact) mass is 747 g/mol. The summed E-state index contributed by atoms with van der Waals surface area (Å²) < 4.78 is 4.57. The van der Waals surface area contributed by atoms with Crippen molar-refractivity contribution in [2.45, 2.75) is 41.5 Å². The first kappa shape index (κ1) is 35.1. The van der Waals surface area contributed by atoms with Gasteiger partial charge in [-0.3, -0.25) is 0 Å². The molecule has 0 radical (unpaired) electrons. The standard InChI is InChI=1S/C53H41N5/c1-31-19-32(2)22-39(21-31)37-15-17-44-42-11-7-9-13-47(42)57(50(44)26-37)49-29-46(53-55-35(5)25-36(6)56-53)52(28-41(49)30-54)58-48-14-10-8-12-43(48)45-18-16-38(27-51(45)58)40-23-33(3)20-34(4)24-40/h7-29H,1-6H3. The second-order valence-corrected chi connectivity index (χ2v) is 15.9. The Kier molecular flexibility index (Phi) is 8.14. The number of nitrogens with zero attached hydrogens (tertiary/aromatic N) is 5. The lowest BCUT2D eigenvalue weighted by Crippen LogP contribution is -2.06. The lowest BCUT2D eigenvalue weighted by atomic mass is 9.99. The summed E-state index contributed by atoms with van der Waals surface area (Å²) in [6, 6.07) is 52.7. The van der Waals surface area contributed by atoms with Crippen molar-refractivity contribution in [3.05, 3.63) is 179 Å². The molecular weight excluding hydrogens is 707 g/mol. The molecule has 0 amide bonds. The number of nitriles is 1. The molecule has 10 rings (SSSR count). The third kappa shape index (κ3) is 5.76. The molecule has 278 valence electrons.